The fourth-order valence-electron chi connectivity index (χ4n) is 4.52. The molecule has 0 unspecified atom stereocenters. The van der Waals surface area contributed by atoms with Crippen molar-refractivity contribution < 1.29 is 28.2 Å². The lowest BCUT2D eigenvalue weighted by Crippen LogP contribution is -2.41. The smallest absolute Gasteiger partial charge is 0.255 e. The third-order valence-corrected chi connectivity index (χ3v) is 9.01. The zero-order valence-corrected chi connectivity index (χ0v) is 22.1. The molecule has 2 fully saturated rings. The van der Waals surface area contributed by atoms with Crippen LogP contribution in [0.5, 0.6) is 11.5 Å². The van der Waals surface area contributed by atoms with Crippen molar-refractivity contribution >= 4 is 31.7 Å². The van der Waals surface area contributed by atoms with Gasteiger partial charge in [0.25, 0.3) is 5.91 Å². The number of nitrogens with zero attached hydrogens (tertiary/aromatic N) is 2. The van der Waals surface area contributed by atoms with Crippen LogP contribution in [0.3, 0.4) is 0 Å². The van der Waals surface area contributed by atoms with E-state index in [2.05, 4.69) is 32.2 Å². The molecule has 0 radical (unpaired) electrons. The minimum absolute atomic E-state index is 0.00623. The molecular weight excluding hydrogens is 550 g/mol. The van der Waals surface area contributed by atoms with Gasteiger partial charge in [0.2, 0.25) is 0 Å². The van der Waals surface area contributed by atoms with Crippen molar-refractivity contribution in [2.45, 2.75) is 35.3 Å². The minimum atomic E-state index is -4.09. The number of carbonyl (C=O) groups excluding carboxylic acids is 1. The van der Waals surface area contributed by atoms with Crippen LogP contribution in [-0.4, -0.2) is 68.8 Å². The number of amides is 1. The van der Waals surface area contributed by atoms with Gasteiger partial charge in [0, 0.05) is 36.2 Å². The van der Waals surface area contributed by atoms with Gasteiger partial charge in [0.1, 0.15) is 16.4 Å². The number of hydrogen-bond donors (Lipinski definition) is 3. The normalized spacial score (nSPS) is 17.7. The van der Waals surface area contributed by atoms with Crippen LogP contribution in [0, 0.1) is 11.3 Å². The number of halogens is 1. The number of carbonyl (C=O) groups is 1. The quantitative estimate of drug-likeness (QED) is 0.435. The standard InChI is InChI=1S/C25H28BrN3O6S/c26-19-2-3-21(30)22(14-19)36(33,34)15-17-12-18(25(16-27)4-1-5-25)13-20(23(17)31)24(32)28-6-7-29-8-10-35-11-9-29/h2-3,12-14,30-31H,1,4-11,15H2,(H,28,32). The maximum absolute atomic E-state index is 13.2. The molecular formula is C25H28BrN3O6S. The van der Waals surface area contributed by atoms with Crippen LogP contribution in [0.1, 0.15) is 40.7 Å². The number of hydrogen-bond acceptors (Lipinski definition) is 8. The van der Waals surface area contributed by atoms with Gasteiger partial charge in [-0.3, -0.25) is 9.69 Å². The summed E-state index contributed by atoms with van der Waals surface area (Å²) in [6.45, 7) is 3.76. The molecule has 1 saturated carbocycles. The monoisotopic (exact) mass is 577 g/mol. The van der Waals surface area contributed by atoms with E-state index in [1.165, 1.54) is 30.3 Å². The minimum Gasteiger partial charge on any atom is -0.507 e. The Morgan fingerprint density at radius 3 is 2.56 bits per heavy atom. The fourth-order valence-corrected chi connectivity index (χ4v) is 6.51. The molecule has 36 heavy (non-hydrogen) atoms. The number of rotatable bonds is 8. The Kier molecular flexibility index (Phi) is 7.90. The first-order valence-electron chi connectivity index (χ1n) is 11.7. The molecule has 0 aromatic heterocycles. The maximum atomic E-state index is 13.2. The molecule has 11 heteroatoms. The van der Waals surface area contributed by atoms with Crippen molar-refractivity contribution in [1.82, 2.24) is 10.2 Å². The van der Waals surface area contributed by atoms with E-state index in [4.69, 9.17) is 4.74 Å². The predicted molar refractivity (Wildman–Crippen MR) is 136 cm³/mol. The second-order valence-corrected chi connectivity index (χ2v) is 12.0. The molecule has 0 atom stereocenters. The summed E-state index contributed by atoms with van der Waals surface area (Å²) in [6.07, 6.45) is 2.02. The Bertz CT molecular complexity index is 1300. The van der Waals surface area contributed by atoms with Crippen LogP contribution < -0.4 is 5.32 Å². The molecule has 4 rings (SSSR count). The van der Waals surface area contributed by atoms with Crippen molar-refractivity contribution in [2.24, 2.45) is 0 Å². The molecule has 2 aliphatic rings. The number of benzene rings is 2. The number of sulfone groups is 1. The zero-order chi connectivity index (χ0) is 25.9. The number of nitrogens with one attached hydrogen (secondary N) is 1. The van der Waals surface area contributed by atoms with E-state index in [-0.39, 0.29) is 16.0 Å². The van der Waals surface area contributed by atoms with Gasteiger partial charge in [-0.15, -0.1) is 0 Å². The third-order valence-electron chi connectivity index (χ3n) is 6.83. The Morgan fingerprint density at radius 1 is 1.19 bits per heavy atom. The summed E-state index contributed by atoms with van der Waals surface area (Å²) >= 11 is 3.21. The lowest BCUT2D eigenvalue weighted by atomic mass is 9.65. The van der Waals surface area contributed by atoms with Gasteiger partial charge in [-0.1, -0.05) is 15.9 Å². The summed E-state index contributed by atoms with van der Waals surface area (Å²) in [6, 6.07) is 9.36. The molecule has 3 N–H and O–H groups in total. The van der Waals surface area contributed by atoms with E-state index in [0.29, 0.717) is 49.2 Å². The largest absolute Gasteiger partial charge is 0.507 e. The molecule has 1 aliphatic heterocycles. The summed E-state index contributed by atoms with van der Waals surface area (Å²) < 4.78 is 32.2. The van der Waals surface area contributed by atoms with Gasteiger partial charge in [0.05, 0.1) is 36.0 Å². The van der Waals surface area contributed by atoms with Crippen LogP contribution in [0.15, 0.2) is 39.7 Å². The van der Waals surface area contributed by atoms with Gasteiger partial charge in [0.15, 0.2) is 9.84 Å². The van der Waals surface area contributed by atoms with E-state index in [1.807, 2.05) is 0 Å². The van der Waals surface area contributed by atoms with E-state index >= 15 is 0 Å². The molecule has 1 aliphatic carbocycles. The SMILES string of the molecule is N#CC1(c2cc(CS(=O)(=O)c3cc(Br)ccc3O)c(O)c(C(=O)NCCN3CCOCC3)c2)CCC1. The van der Waals surface area contributed by atoms with Gasteiger partial charge in [-0.05, 0) is 55.2 Å². The summed E-state index contributed by atoms with van der Waals surface area (Å²) in [7, 11) is -4.09. The van der Waals surface area contributed by atoms with Crippen LogP contribution in [-0.2, 0) is 25.7 Å². The van der Waals surface area contributed by atoms with E-state index in [0.717, 1.165) is 19.5 Å². The molecule has 0 bridgehead atoms. The maximum Gasteiger partial charge on any atom is 0.255 e. The van der Waals surface area contributed by atoms with Crippen LogP contribution >= 0.6 is 15.9 Å². The van der Waals surface area contributed by atoms with Gasteiger partial charge < -0.3 is 20.3 Å². The number of ether oxygens (including phenoxy) is 1. The molecule has 0 spiro atoms. The number of aromatic hydroxyl groups is 2. The highest BCUT2D eigenvalue weighted by Crippen LogP contribution is 2.45. The Balaban J connectivity index is 1.65. The first-order valence-corrected chi connectivity index (χ1v) is 14.2. The number of phenolic OH excluding ortho intramolecular Hbond substituents is 2. The molecule has 192 valence electrons. The van der Waals surface area contributed by atoms with Crippen LogP contribution in [0.4, 0.5) is 0 Å². The van der Waals surface area contributed by atoms with Crippen LogP contribution in [0.2, 0.25) is 0 Å². The third kappa shape index (κ3) is 5.52. The first-order chi connectivity index (χ1) is 17.1. The predicted octanol–water partition coefficient (Wildman–Crippen LogP) is 2.84. The molecule has 2 aromatic rings. The fraction of sp³-hybridized carbons (Fsp3) is 0.440. The Morgan fingerprint density at radius 2 is 1.92 bits per heavy atom. The van der Waals surface area contributed by atoms with E-state index in [1.54, 1.807) is 0 Å². The Labute approximate surface area is 218 Å². The molecule has 1 heterocycles. The highest BCUT2D eigenvalue weighted by Gasteiger charge is 2.40. The van der Waals surface area contributed by atoms with Gasteiger partial charge in [-0.25, -0.2) is 8.42 Å². The molecule has 1 amide bonds. The lowest BCUT2D eigenvalue weighted by Gasteiger charge is -2.36. The number of nitriles is 1. The second kappa shape index (κ2) is 10.8. The van der Waals surface area contributed by atoms with Crippen LogP contribution in [0.25, 0.3) is 0 Å². The summed E-state index contributed by atoms with van der Waals surface area (Å²) in [4.78, 5) is 14.9. The Hall–Kier alpha value is -2.65. The van der Waals surface area contributed by atoms with Crippen molar-refractivity contribution in [3.8, 4) is 17.6 Å². The summed E-state index contributed by atoms with van der Waals surface area (Å²) in [5.41, 5.74) is -0.380. The van der Waals surface area contributed by atoms with E-state index < -0.39 is 38.4 Å². The molecule has 2 aromatic carbocycles. The van der Waals surface area contributed by atoms with E-state index in [9.17, 15) is 28.7 Å². The number of morpholine rings is 1. The molecule has 9 nitrogen and oxygen atoms in total. The van der Waals surface area contributed by atoms with Gasteiger partial charge >= 0.3 is 0 Å². The zero-order valence-electron chi connectivity index (χ0n) is 19.7. The topological polar surface area (TPSA) is 140 Å². The second-order valence-electron chi connectivity index (χ2n) is 9.16. The highest BCUT2D eigenvalue weighted by molar-refractivity contribution is 9.10. The first kappa shape index (κ1) is 26.4. The average molecular weight is 578 g/mol. The van der Waals surface area contributed by atoms with Crippen molar-refractivity contribution in [2.75, 3.05) is 39.4 Å². The van der Waals surface area contributed by atoms with Crippen molar-refractivity contribution in [3.05, 3.63) is 51.5 Å². The summed E-state index contributed by atoms with van der Waals surface area (Å²) in [5, 5.41) is 33.8. The van der Waals surface area contributed by atoms with Crippen molar-refractivity contribution in [3.63, 3.8) is 0 Å². The number of phenols is 2. The highest BCUT2D eigenvalue weighted by atomic mass is 79.9. The van der Waals surface area contributed by atoms with Gasteiger partial charge in [-0.2, -0.15) is 5.26 Å². The molecule has 1 saturated heterocycles. The lowest BCUT2D eigenvalue weighted by molar-refractivity contribution is 0.0383. The van der Waals surface area contributed by atoms with Crippen molar-refractivity contribution in [1.29, 1.82) is 5.26 Å². The summed E-state index contributed by atoms with van der Waals surface area (Å²) in [5.74, 6) is -2.05. The average Bonchev–Trinajstić information content (AvgIpc) is 2.82.